The number of benzene rings is 1. The number of amides is 1. The van der Waals surface area contributed by atoms with Crippen LogP contribution in [0, 0.1) is 0 Å². The zero-order valence-corrected chi connectivity index (χ0v) is 14.2. The SMILES string of the molecule is O=C(Cc1ccsc1)Nc1nc(-c2ccc3c(c2)CCC3)cs1. The van der Waals surface area contributed by atoms with Crippen LogP contribution in [-0.4, -0.2) is 10.9 Å². The van der Waals surface area contributed by atoms with Crippen LogP contribution < -0.4 is 5.32 Å². The maximum absolute atomic E-state index is 12.0. The second-order valence-electron chi connectivity index (χ2n) is 5.73. The summed E-state index contributed by atoms with van der Waals surface area (Å²) in [7, 11) is 0. The molecule has 1 aliphatic rings. The number of carbonyl (C=O) groups is 1. The van der Waals surface area contributed by atoms with Gasteiger partial charge in [-0.1, -0.05) is 12.1 Å². The van der Waals surface area contributed by atoms with E-state index in [2.05, 4.69) is 28.5 Å². The molecule has 4 rings (SSSR count). The normalized spacial score (nSPS) is 13.0. The number of thiazole rings is 1. The number of nitrogens with zero attached hydrogens (tertiary/aromatic N) is 1. The van der Waals surface area contributed by atoms with Crippen molar-refractivity contribution >= 4 is 33.7 Å². The van der Waals surface area contributed by atoms with Gasteiger partial charge in [0.2, 0.25) is 5.91 Å². The van der Waals surface area contributed by atoms with E-state index in [4.69, 9.17) is 0 Å². The smallest absolute Gasteiger partial charge is 0.230 e. The van der Waals surface area contributed by atoms with Crippen LogP contribution in [0.4, 0.5) is 5.13 Å². The molecule has 1 aromatic carbocycles. The lowest BCUT2D eigenvalue weighted by molar-refractivity contribution is -0.115. The van der Waals surface area contributed by atoms with Crippen LogP contribution in [0.2, 0.25) is 0 Å². The number of nitrogens with one attached hydrogen (secondary N) is 1. The zero-order chi connectivity index (χ0) is 15.6. The number of aryl methyl sites for hydroxylation is 2. The molecule has 0 aliphatic heterocycles. The lowest BCUT2D eigenvalue weighted by Crippen LogP contribution is -2.13. The van der Waals surface area contributed by atoms with Crippen LogP contribution in [0.15, 0.2) is 40.4 Å². The monoisotopic (exact) mass is 340 g/mol. The molecule has 1 amide bonds. The maximum atomic E-state index is 12.0. The highest BCUT2D eigenvalue weighted by Gasteiger charge is 2.13. The Morgan fingerprint density at radius 1 is 1.17 bits per heavy atom. The van der Waals surface area contributed by atoms with Crippen LogP contribution >= 0.6 is 22.7 Å². The minimum Gasteiger partial charge on any atom is -0.302 e. The van der Waals surface area contributed by atoms with Crippen molar-refractivity contribution in [3.63, 3.8) is 0 Å². The largest absolute Gasteiger partial charge is 0.302 e. The highest BCUT2D eigenvalue weighted by atomic mass is 32.1. The second-order valence-corrected chi connectivity index (χ2v) is 7.37. The molecule has 3 aromatic rings. The van der Waals surface area contributed by atoms with E-state index in [-0.39, 0.29) is 5.91 Å². The summed E-state index contributed by atoms with van der Waals surface area (Å²) in [6, 6.07) is 8.57. The molecule has 0 radical (unpaired) electrons. The average molecular weight is 340 g/mol. The Labute approximate surface area is 143 Å². The third-order valence-electron chi connectivity index (χ3n) is 4.09. The van der Waals surface area contributed by atoms with E-state index in [1.165, 1.54) is 35.3 Å². The molecule has 2 heterocycles. The Balaban J connectivity index is 1.47. The van der Waals surface area contributed by atoms with Crippen molar-refractivity contribution < 1.29 is 4.79 Å². The van der Waals surface area contributed by atoms with E-state index < -0.39 is 0 Å². The van der Waals surface area contributed by atoms with Crippen LogP contribution in [0.1, 0.15) is 23.1 Å². The first-order chi connectivity index (χ1) is 11.3. The fourth-order valence-electron chi connectivity index (χ4n) is 2.94. The van der Waals surface area contributed by atoms with Gasteiger partial charge in [0, 0.05) is 10.9 Å². The first kappa shape index (κ1) is 14.6. The van der Waals surface area contributed by atoms with E-state index >= 15 is 0 Å². The van der Waals surface area contributed by atoms with Gasteiger partial charge in [0.05, 0.1) is 12.1 Å². The van der Waals surface area contributed by atoms with Gasteiger partial charge in [0.1, 0.15) is 0 Å². The standard InChI is InChI=1S/C18H16N2OS2/c21-17(8-12-6-7-22-10-12)20-18-19-16(11-23-18)15-5-4-13-2-1-3-14(13)9-15/h4-7,9-11H,1-3,8H2,(H,19,20,21). The van der Waals surface area contributed by atoms with Crippen molar-refractivity contribution in [1.82, 2.24) is 4.98 Å². The van der Waals surface area contributed by atoms with Crippen molar-refractivity contribution in [2.75, 3.05) is 5.32 Å². The molecule has 0 saturated carbocycles. The van der Waals surface area contributed by atoms with E-state index in [9.17, 15) is 4.79 Å². The molecule has 1 N–H and O–H groups in total. The molecule has 0 spiro atoms. The average Bonchev–Trinajstić information content (AvgIpc) is 3.27. The molecule has 0 atom stereocenters. The summed E-state index contributed by atoms with van der Waals surface area (Å²) in [5.74, 6) is -0.0155. The maximum Gasteiger partial charge on any atom is 0.230 e. The molecule has 116 valence electrons. The lowest BCUT2D eigenvalue weighted by Gasteiger charge is -2.02. The van der Waals surface area contributed by atoms with Crippen LogP contribution in [0.5, 0.6) is 0 Å². The first-order valence-electron chi connectivity index (χ1n) is 7.66. The van der Waals surface area contributed by atoms with Gasteiger partial charge in [-0.2, -0.15) is 11.3 Å². The van der Waals surface area contributed by atoms with Gasteiger partial charge in [-0.05, 0) is 58.8 Å². The van der Waals surface area contributed by atoms with Gasteiger partial charge in [-0.15, -0.1) is 11.3 Å². The number of aromatic nitrogens is 1. The van der Waals surface area contributed by atoms with E-state index in [0.717, 1.165) is 23.2 Å². The van der Waals surface area contributed by atoms with Gasteiger partial charge in [0.15, 0.2) is 5.13 Å². The Morgan fingerprint density at radius 3 is 2.96 bits per heavy atom. The fourth-order valence-corrected chi connectivity index (χ4v) is 4.34. The van der Waals surface area contributed by atoms with Crippen molar-refractivity contribution in [1.29, 1.82) is 0 Å². The van der Waals surface area contributed by atoms with E-state index in [0.29, 0.717) is 11.6 Å². The van der Waals surface area contributed by atoms with Crippen molar-refractivity contribution in [3.05, 3.63) is 57.1 Å². The summed E-state index contributed by atoms with van der Waals surface area (Å²) in [4.78, 5) is 16.6. The Hall–Kier alpha value is -1.98. The third kappa shape index (κ3) is 3.21. The Bertz CT molecular complexity index is 837. The minimum absolute atomic E-state index is 0.0155. The fraction of sp³-hybridized carbons (Fsp3) is 0.222. The van der Waals surface area contributed by atoms with Gasteiger partial charge in [0.25, 0.3) is 0 Å². The number of fused-ring (bicyclic) bond motifs is 1. The number of carbonyl (C=O) groups excluding carboxylic acids is 1. The second kappa shape index (κ2) is 6.26. The summed E-state index contributed by atoms with van der Waals surface area (Å²) in [5.41, 5.74) is 6.03. The van der Waals surface area contributed by atoms with Gasteiger partial charge >= 0.3 is 0 Å². The quantitative estimate of drug-likeness (QED) is 0.757. The predicted molar refractivity (Wildman–Crippen MR) is 96.2 cm³/mol. The molecule has 0 fully saturated rings. The Morgan fingerprint density at radius 2 is 2.09 bits per heavy atom. The van der Waals surface area contributed by atoms with E-state index in [1.807, 2.05) is 22.2 Å². The number of hydrogen-bond donors (Lipinski definition) is 1. The first-order valence-corrected chi connectivity index (χ1v) is 9.49. The number of thiophene rings is 1. The van der Waals surface area contributed by atoms with Crippen LogP contribution in [0.3, 0.4) is 0 Å². The number of anilines is 1. The molecule has 1 aliphatic carbocycles. The van der Waals surface area contributed by atoms with Crippen molar-refractivity contribution in [2.24, 2.45) is 0 Å². The zero-order valence-electron chi connectivity index (χ0n) is 12.5. The topological polar surface area (TPSA) is 42.0 Å². The minimum atomic E-state index is -0.0155. The molecule has 2 aromatic heterocycles. The molecule has 23 heavy (non-hydrogen) atoms. The van der Waals surface area contributed by atoms with Gasteiger partial charge < -0.3 is 5.32 Å². The van der Waals surface area contributed by atoms with Gasteiger partial charge in [-0.25, -0.2) is 4.98 Å². The molecular weight excluding hydrogens is 324 g/mol. The summed E-state index contributed by atoms with van der Waals surface area (Å²) >= 11 is 3.08. The van der Waals surface area contributed by atoms with Crippen molar-refractivity contribution in [3.8, 4) is 11.3 Å². The molecule has 3 nitrogen and oxygen atoms in total. The summed E-state index contributed by atoms with van der Waals surface area (Å²) in [6.07, 6.45) is 4.01. The summed E-state index contributed by atoms with van der Waals surface area (Å²) in [5, 5.41) is 9.56. The Kier molecular flexibility index (Phi) is 3.97. The molecule has 0 saturated heterocycles. The molecule has 5 heteroatoms. The highest BCUT2D eigenvalue weighted by molar-refractivity contribution is 7.14. The van der Waals surface area contributed by atoms with Gasteiger partial charge in [-0.3, -0.25) is 4.79 Å². The third-order valence-corrected chi connectivity index (χ3v) is 5.58. The molecular formula is C18H16N2OS2. The molecule has 0 unspecified atom stereocenters. The van der Waals surface area contributed by atoms with Crippen molar-refractivity contribution in [2.45, 2.75) is 25.7 Å². The number of hydrogen-bond acceptors (Lipinski definition) is 4. The highest BCUT2D eigenvalue weighted by Crippen LogP contribution is 2.30. The van der Waals surface area contributed by atoms with Crippen LogP contribution in [-0.2, 0) is 24.1 Å². The summed E-state index contributed by atoms with van der Waals surface area (Å²) in [6.45, 7) is 0. The summed E-state index contributed by atoms with van der Waals surface area (Å²) < 4.78 is 0. The lowest BCUT2D eigenvalue weighted by atomic mass is 10.1. The number of rotatable bonds is 4. The van der Waals surface area contributed by atoms with Crippen LogP contribution in [0.25, 0.3) is 11.3 Å². The predicted octanol–water partition coefficient (Wildman–Crippen LogP) is 4.54. The molecule has 0 bridgehead atoms. The van der Waals surface area contributed by atoms with E-state index in [1.54, 1.807) is 11.3 Å².